The van der Waals surface area contributed by atoms with Crippen molar-refractivity contribution in [2.24, 2.45) is 0 Å². The molecule has 7 nitrogen and oxygen atoms in total. The maximum Gasteiger partial charge on any atom is 0.437 e. The second kappa shape index (κ2) is 7.27. The van der Waals surface area contributed by atoms with E-state index in [1.54, 1.807) is 48.5 Å². The first kappa shape index (κ1) is 16.2. The highest BCUT2D eigenvalue weighted by molar-refractivity contribution is 5.69. The average Bonchev–Trinajstić information content (AvgIpc) is 3.01. The van der Waals surface area contributed by atoms with Gasteiger partial charge in [-0.15, -0.1) is 5.10 Å². The molecule has 0 aliphatic rings. The van der Waals surface area contributed by atoms with E-state index in [4.69, 9.17) is 14.4 Å². The number of hydrogen-bond acceptors (Lipinski definition) is 6. The van der Waals surface area contributed by atoms with Crippen LogP contribution in [0.3, 0.4) is 0 Å². The molecular formula is C18H13N3O4. The van der Waals surface area contributed by atoms with Crippen LogP contribution in [0.4, 0.5) is 0 Å². The van der Waals surface area contributed by atoms with Gasteiger partial charge < -0.3 is 9.15 Å². The lowest BCUT2D eigenvalue weighted by Crippen LogP contribution is -2.22. The minimum atomic E-state index is -0.728. The number of carbonyl (C=O) groups is 1. The van der Waals surface area contributed by atoms with Gasteiger partial charge in [0.2, 0.25) is 5.89 Å². The Labute approximate surface area is 142 Å². The Morgan fingerprint density at radius 2 is 1.88 bits per heavy atom. The molecule has 0 amide bonds. The molecule has 2 aromatic carbocycles. The molecule has 0 fully saturated rings. The molecule has 0 radical (unpaired) electrons. The molecule has 0 N–H and O–H groups in total. The lowest BCUT2D eigenvalue weighted by molar-refractivity contribution is -0.146. The summed E-state index contributed by atoms with van der Waals surface area (Å²) >= 11 is 0. The van der Waals surface area contributed by atoms with Gasteiger partial charge in [-0.3, -0.25) is 4.79 Å². The third-order valence-corrected chi connectivity index (χ3v) is 3.39. The van der Waals surface area contributed by atoms with E-state index in [1.165, 1.54) is 0 Å². The lowest BCUT2D eigenvalue weighted by Gasteiger charge is -2.04. The zero-order valence-corrected chi connectivity index (χ0v) is 13.1. The minimum absolute atomic E-state index is 0.0443. The molecule has 1 heterocycles. The van der Waals surface area contributed by atoms with Crippen LogP contribution in [0, 0.1) is 11.3 Å². The van der Waals surface area contributed by atoms with Gasteiger partial charge in [0.05, 0.1) is 11.6 Å². The van der Waals surface area contributed by atoms with Crippen LogP contribution < -0.4 is 5.76 Å². The fourth-order valence-electron chi connectivity index (χ4n) is 2.11. The Kier molecular flexibility index (Phi) is 4.72. The van der Waals surface area contributed by atoms with Crippen molar-refractivity contribution in [3.05, 3.63) is 76.3 Å². The summed E-state index contributed by atoms with van der Waals surface area (Å²) in [6.45, 7) is -0.297. The maximum atomic E-state index is 11.9. The summed E-state index contributed by atoms with van der Waals surface area (Å²) in [7, 11) is 0. The molecule has 1 aromatic heterocycles. The highest BCUT2D eigenvalue weighted by atomic mass is 16.5. The van der Waals surface area contributed by atoms with Gasteiger partial charge in [0.1, 0.15) is 13.2 Å². The predicted molar refractivity (Wildman–Crippen MR) is 87.2 cm³/mol. The summed E-state index contributed by atoms with van der Waals surface area (Å²) in [5.74, 6) is -1.20. The highest BCUT2D eigenvalue weighted by Gasteiger charge is 2.14. The van der Waals surface area contributed by atoms with Gasteiger partial charge in [-0.2, -0.15) is 9.94 Å². The van der Waals surface area contributed by atoms with E-state index in [2.05, 4.69) is 5.10 Å². The molecule has 0 atom stereocenters. The standard InChI is InChI=1S/C18H13N3O4/c19-10-13-6-8-14(9-7-13)12-24-16(22)11-21-18(23)25-17(20-21)15-4-2-1-3-5-15/h1-9H,11-12H2. The van der Waals surface area contributed by atoms with Gasteiger partial charge in [-0.1, -0.05) is 30.3 Å². The van der Waals surface area contributed by atoms with E-state index >= 15 is 0 Å². The SMILES string of the molecule is N#Cc1ccc(COC(=O)Cn2nc(-c3ccccc3)oc2=O)cc1. The van der Waals surface area contributed by atoms with Crippen molar-refractivity contribution >= 4 is 5.97 Å². The molecule has 3 rings (SSSR count). The van der Waals surface area contributed by atoms with Gasteiger partial charge in [-0.25, -0.2) is 4.79 Å². The molecule has 0 spiro atoms. The molecule has 0 aliphatic heterocycles. The van der Waals surface area contributed by atoms with Crippen molar-refractivity contribution < 1.29 is 13.9 Å². The fraction of sp³-hybridized carbons (Fsp3) is 0.111. The smallest absolute Gasteiger partial charge is 0.437 e. The normalized spacial score (nSPS) is 10.2. The Balaban J connectivity index is 1.62. The number of ether oxygens (including phenoxy) is 1. The number of rotatable bonds is 5. The van der Waals surface area contributed by atoms with Gasteiger partial charge >= 0.3 is 11.7 Å². The molecule has 0 saturated heterocycles. The van der Waals surface area contributed by atoms with Crippen LogP contribution in [0.25, 0.3) is 11.5 Å². The number of esters is 1. The van der Waals surface area contributed by atoms with E-state index < -0.39 is 11.7 Å². The van der Waals surface area contributed by atoms with E-state index in [-0.39, 0.29) is 19.0 Å². The summed E-state index contributed by atoms with van der Waals surface area (Å²) in [6.07, 6.45) is 0. The Morgan fingerprint density at radius 3 is 2.56 bits per heavy atom. The van der Waals surface area contributed by atoms with Gasteiger partial charge in [0, 0.05) is 5.56 Å². The summed E-state index contributed by atoms with van der Waals surface area (Å²) in [5, 5.41) is 12.7. The molecule has 0 unspecified atom stereocenters. The number of benzene rings is 2. The van der Waals surface area contributed by atoms with Crippen molar-refractivity contribution in [2.75, 3.05) is 0 Å². The van der Waals surface area contributed by atoms with Gasteiger partial charge in [0.15, 0.2) is 0 Å². The van der Waals surface area contributed by atoms with E-state index in [9.17, 15) is 9.59 Å². The minimum Gasteiger partial charge on any atom is -0.459 e. The maximum absolute atomic E-state index is 11.9. The van der Waals surface area contributed by atoms with Crippen LogP contribution in [-0.2, 0) is 22.7 Å². The lowest BCUT2D eigenvalue weighted by atomic mass is 10.2. The fourth-order valence-corrected chi connectivity index (χ4v) is 2.11. The van der Waals surface area contributed by atoms with Crippen molar-refractivity contribution in [2.45, 2.75) is 13.2 Å². The average molecular weight is 335 g/mol. The second-order valence-corrected chi connectivity index (χ2v) is 5.17. The topological polar surface area (TPSA) is 98.1 Å². The molecule has 0 saturated carbocycles. The quantitative estimate of drug-likeness (QED) is 0.662. The Morgan fingerprint density at radius 1 is 1.16 bits per heavy atom. The first-order valence-corrected chi connectivity index (χ1v) is 7.44. The van der Waals surface area contributed by atoms with Crippen LogP contribution in [0.15, 0.2) is 63.8 Å². The summed E-state index contributed by atoms with van der Waals surface area (Å²) < 4.78 is 11.1. The molecule has 3 aromatic rings. The number of hydrogen-bond donors (Lipinski definition) is 0. The third-order valence-electron chi connectivity index (χ3n) is 3.39. The number of carbonyl (C=O) groups excluding carboxylic acids is 1. The van der Waals surface area contributed by atoms with Crippen molar-refractivity contribution in [1.82, 2.24) is 9.78 Å². The molecular weight excluding hydrogens is 322 g/mol. The number of nitrogens with zero attached hydrogens (tertiary/aromatic N) is 3. The Bertz CT molecular complexity index is 966. The van der Waals surface area contributed by atoms with Crippen molar-refractivity contribution in [3.63, 3.8) is 0 Å². The van der Waals surface area contributed by atoms with Gasteiger partial charge in [-0.05, 0) is 29.8 Å². The summed E-state index contributed by atoms with van der Waals surface area (Å²) in [6, 6.07) is 17.6. The molecule has 25 heavy (non-hydrogen) atoms. The molecule has 0 aliphatic carbocycles. The van der Waals surface area contributed by atoms with Crippen LogP contribution >= 0.6 is 0 Å². The third kappa shape index (κ3) is 4.00. The van der Waals surface area contributed by atoms with E-state index in [0.29, 0.717) is 11.1 Å². The van der Waals surface area contributed by atoms with Crippen molar-refractivity contribution in [3.8, 4) is 17.5 Å². The first-order chi connectivity index (χ1) is 12.2. The first-order valence-electron chi connectivity index (χ1n) is 7.44. The largest absolute Gasteiger partial charge is 0.459 e. The van der Waals surface area contributed by atoms with Crippen LogP contribution in [0.2, 0.25) is 0 Å². The van der Waals surface area contributed by atoms with Gasteiger partial charge in [0.25, 0.3) is 0 Å². The number of nitriles is 1. The summed E-state index contributed by atoms with van der Waals surface area (Å²) in [5.41, 5.74) is 1.91. The van der Waals surface area contributed by atoms with Crippen LogP contribution in [-0.4, -0.2) is 15.7 Å². The predicted octanol–water partition coefficient (Wildman–Crippen LogP) is 2.12. The van der Waals surface area contributed by atoms with Crippen LogP contribution in [0.5, 0.6) is 0 Å². The Hall–Kier alpha value is -3.66. The van der Waals surface area contributed by atoms with Crippen LogP contribution in [0.1, 0.15) is 11.1 Å². The summed E-state index contributed by atoms with van der Waals surface area (Å²) in [4.78, 5) is 23.7. The zero-order chi connectivity index (χ0) is 17.6. The monoisotopic (exact) mass is 335 g/mol. The van der Waals surface area contributed by atoms with Crippen molar-refractivity contribution in [1.29, 1.82) is 5.26 Å². The zero-order valence-electron chi connectivity index (χ0n) is 13.1. The second-order valence-electron chi connectivity index (χ2n) is 5.17. The molecule has 0 bridgehead atoms. The molecule has 124 valence electrons. The highest BCUT2D eigenvalue weighted by Crippen LogP contribution is 2.14. The van der Waals surface area contributed by atoms with E-state index in [1.807, 2.05) is 12.1 Å². The number of aromatic nitrogens is 2. The molecule has 7 heteroatoms. The van der Waals surface area contributed by atoms with E-state index in [0.717, 1.165) is 10.2 Å².